The van der Waals surface area contributed by atoms with Crippen LogP contribution in [0.5, 0.6) is 0 Å². The van der Waals surface area contributed by atoms with Gasteiger partial charge in [-0.3, -0.25) is 4.98 Å². The third-order valence-corrected chi connectivity index (χ3v) is 4.06. The molecule has 0 spiro atoms. The molecule has 0 atom stereocenters. The highest BCUT2D eigenvalue weighted by atomic mass is 14.9. The van der Waals surface area contributed by atoms with E-state index < -0.39 is 0 Å². The van der Waals surface area contributed by atoms with Crippen molar-refractivity contribution in [1.29, 1.82) is 0 Å². The van der Waals surface area contributed by atoms with Crippen molar-refractivity contribution in [3.8, 4) is 0 Å². The Morgan fingerprint density at radius 2 is 1.89 bits per heavy atom. The molecule has 0 amide bonds. The van der Waals surface area contributed by atoms with Crippen molar-refractivity contribution in [2.75, 3.05) is 0 Å². The monoisotopic (exact) mass is 252 g/mol. The summed E-state index contributed by atoms with van der Waals surface area (Å²) in [4.78, 5) is 4.34. The molecule has 1 saturated carbocycles. The number of aromatic nitrogens is 1. The van der Waals surface area contributed by atoms with E-state index in [-0.39, 0.29) is 0 Å². The van der Waals surface area contributed by atoms with Crippen LogP contribution in [0.4, 0.5) is 0 Å². The van der Waals surface area contributed by atoms with E-state index in [0.29, 0.717) is 6.04 Å². The first-order valence-corrected chi connectivity index (χ1v) is 7.02. The molecule has 1 aromatic heterocycles. The molecule has 0 unspecified atom stereocenters. The molecular weight excluding hydrogens is 232 g/mol. The number of rotatable bonds is 4. The lowest BCUT2D eigenvalue weighted by molar-refractivity contribution is 0.288. The van der Waals surface area contributed by atoms with E-state index in [4.69, 9.17) is 0 Å². The summed E-state index contributed by atoms with van der Waals surface area (Å²) in [5.74, 6) is 0.738. The van der Waals surface area contributed by atoms with Gasteiger partial charge in [0.25, 0.3) is 0 Å². The molecule has 0 bridgehead atoms. The van der Waals surface area contributed by atoms with Gasteiger partial charge in [0, 0.05) is 18.8 Å². The summed E-state index contributed by atoms with van der Waals surface area (Å²) in [5.41, 5.74) is 4.08. The van der Waals surface area contributed by atoms with Crippen LogP contribution >= 0.6 is 0 Å². The first kappa shape index (κ1) is 12.4. The largest absolute Gasteiger partial charge is 0.308 e. The average Bonchev–Trinajstić information content (AvgIpc) is 2.40. The van der Waals surface area contributed by atoms with Crippen molar-refractivity contribution in [3.63, 3.8) is 0 Å². The summed E-state index contributed by atoms with van der Waals surface area (Å²) in [6.45, 7) is 3.09. The van der Waals surface area contributed by atoms with Gasteiger partial charge in [0.05, 0.1) is 5.69 Å². The van der Waals surface area contributed by atoms with Crippen LogP contribution in [-0.2, 0) is 6.54 Å². The van der Waals surface area contributed by atoms with Crippen molar-refractivity contribution in [3.05, 3.63) is 65.5 Å². The van der Waals surface area contributed by atoms with Crippen molar-refractivity contribution >= 4 is 0 Å². The summed E-state index contributed by atoms with van der Waals surface area (Å²) in [7, 11) is 0. The van der Waals surface area contributed by atoms with Gasteiger partial charge in [-0.25, -0.2) is 0 Å². The number of hydrogen-bond donors (Lipinski definition) is 1. The zero-order valence-corrected chi connectivity index (χ0v) is 11.3. The molecule has 1 N–H and O–H groups in total. The van der Waals surface area contributed by atoms with Gasteiger partial charge in [0.2, 0.25) is 0 Å². The van der Waals surface area contributed by atoms with Gasteiger partial charge in [-0.15, -0.1) is 0 Å². The fourth-order valence-electron chi connectivity index (χ4n) is 2.83. The second-order valence-electron chi connectivity index (χ2n) is 5.42. The fourth-order valence-corrected chi connectivity index (χ4v) is 2.83. The Kier molecular flexibility index (Phi) is 3.60. The summed E-state index contributed by atoms with van der Waals surface area (Å²) in [6.07, 6.45) is 4.35. The third-order valence-electron chi connectivity index (χ3n) is 4.06. The van der Waals surface area contributed by atoms with Gasteiger partial charge in [0.15, 0.2) is 0 Å². The number of aryl methyl sites for hydroxylation is 1. The van der Waals surface area contributed by atoms with Crippen LogP contribution < -0.4 is 5.32 Å². The number of nitrogens with one attached hydrogen (secondary N) is 1. The molecule has 1 aromatic carbocycles. The third kappa shape index (κ3) is 2.85. The minimum Gasteiger partial charge on any atom is -0.308 e. The van der Waals surface area contributed by atoms with Crippen LogP contribution in [0.3, 0.4) is 0 Å². The van der Waals surface area contributed by atoms with Crippen LogP contribution in [0.1, 0.15) is 35.6 Å². The summed E-state index contributed by atoms with van der Waals surface area (Å²) < 4.78 is 0. The lowest BCUT2D eigenvalue weighted by atomic mass is 9.74. The Bertz CT molecular complexity index is 530. The van der Waals surface area contributed by atoms with E-state index >= 15 is 0 Å². The molecule has 0 radical (unpaired) electrons. The fraction of sp³-hybridized carbons (Fsp3) is 0.353. The van der Waals surface area contributed by atoms with E-state index in [2.05, 4.69) is 47.6 Å². The van der Waals surface area contributed by atoms with Crippen LogP contribution in [-0.4, -0.2) is 11.0 Å². The Morgan fingerprint density at radius 1 is 1.11 bits per heavy atom. The minimum absolute atomic E-state index is 0.645. The van der Waals surface area contributed by atoms with Gasteiger partial charge in [-0.1, -0.05) is 30.3 Å². The summed E-state index contributed by atoms with van der Waals surface area (Å²) >= 11 is 0. The normalized spacial score (nSPS) is 21.9. The standard InChI is InChI=1S/C17H20N2/c1-13-6-2-3-8-17(13)14-10-16(11-14)19-12-15-7-4-5-9-18-15/h2-9,14,16,19H,10-12H2,1H3. The van der Waals surface area contributed by atoms with Crippen molar-refractivity contribution in [2.24, 2.45) is 0 Å². The Hall–Kier alpha value is -1.67. The van der Waals surface area contributed by atoms with Crippen molar-refractivity contribution in [2.45, 2.75) is 38.3 Å². The molecule has 1 heterocycles. The van der Waals surface area contributed by atoms with Gasteiger partial charge < -0.3 is 5.32 Å². The van der Waals surface area contributed by atoms with Gasteiger partial charge in [-0.2, -0.15) is 0 Å². The quantitative estimate of drug-likeness (QED) is 0.901. The number of benzene rings is 1. The minimum atomic E-state index is 0.645. The number of hydrogen-bond acceptors (Lipinski definition) is 2. The number of pyridine rings is 1. The second kappa shape index (κ2) is 5.54. The zero-order chi connectivity index (χ0) is 13.1. The number of nitrogens with zero attached hydrogens (tertiary/aromatic N) is 1. The molecule has 98 valence electrons. The van der Waals surface area contributed by atoms with Crippen molar-refractivity contribution in [1.82, 2.24) is 10.3 Å². The SMILES string of the molecule is Cc1ccccc1C1CC(NCc2ccccn2)C1. The first-order valence-electron chi connectivity index (χ1n) is 7.02. The van der Waals surface area contributed by atoms with Gasteiger partial charge in [-0.05, 0) is 48.9 Å². The smallest absolute Gasteiger partial charge is 0.0541 e. The maximum atomic E-state index is 4.34. The van der Waals surface area contributed by atoms with E-state index in [1.54, 1.807) is 0 Å². The molecule has 1 aliphatic rings. The zero-order valence-electron chi connectivity index (χ0n) is 11.3. The molecule has 0 aliphatic heterocycles. The lowest BCUT2D eigenvalue weighted by Gasteiger charge is -2.37. The van der Waals surface area contributed by atoms with E-state index in [1.807, 2.05) is 18.3 Å². The van der Waals surface area contributed by atoms with E-state index in [1.165, 1.54) is 24.0 Å². The maximum Gasteiger partial charge on any atom is 0.0541 e. The summed E-state index contributed by atoms with van der Waals surface area (Å²) in [5, 5.41) is 3.59. The van der Waals surface area contributed by atoms with Gasteiger partial charge >= 0.3 is 0 Å². The molecule has 19 heavy (non-hydrogen) atoms. The lowest BCUT2D eigenvalue weighted by Crippen LogP contribution is -2.39. The highest BCUT2D eigenvalue weighted by molar-refractivity contribution is 5.31. The summed E-state index contributed by atoms with van der Waals surface area (Å²) in [6, 6.07) is 15.5. The Labute approximate surface area is 114 Å². The second-order valence-corrected chi connectivity index (χ2v) is 5.42. The van der Waals surface area contributed by atoms with Crippen LogP contribution in [0.15, 0.2) is 48.7 Å². The Balaban J connectivity index is 1.50. The van der Waals surface area contributed by atoms with Crippen molar-refractivity contribution < 1.29 is 0 Å². The van der Waals surface area contributed by atoms with Crippen LogP contribution in [0.25, 0.3) is 0 Å². The molecule has 2 heteroatoms. The topological polar surface area (TPSA) is 24.9 Å². The van der Waals surface area contributed by atoms with Gasteiger partial charge in [0.1, 0.15) is 0 Å². The predicted octanol–water partition coefficient (Wildman–Crippen LogP) is 3.43. The van der Waals surface area contributed by atoms with E-state index in [0.717, 1.165) is 18.2 Å². The Morgan fingerprint density at radius 3 is 2.63 bits per heavy atom. The molecule has 3 rings (SSSR count). The first-order chi connectivity index (χ1) is 9.33. The predicted molar refractivity (Wildman–Crippen MR) is 78.0 cm³/mol. The molecular formula is C17H20N2. The molecule has 2 nitrogen and oxygen atoms in total. The highest BCUT2D eigenvalue weighted by Gasteiger charge is 2.30. The highest BCUT2D eigenvalue weighted by Crippen LogP contribution is 2.38. The van der Waals surface area contributed by atoms with Crippen LogP contribution in [0, 0.1) is 6.92 Å². The molecule has 0 saturated heterocycles. The molecule has 2 aromatic rings. The molecule has 1 fully saturated rings. The van der Waals surface area contributed by atoms with E-state index in [9.17, 15) is 0 Å². The molecule has 1 aliphatic carbocycles. The maximum absolute atomic E-state index is 4.34. The van der Waals surface area contributed by atoms with Crippen LogP contribution in [0.2, 0.25) is 0 Å². The average molecular weight is 252 g/mol.